The molecule has 0 aliphatic carbocycles. The summed E-state index contributed by atoms with van der Waals surface area (Å²) in [5.74, 6) is -2.35. The van der Waals surface area contributed by atoms with Gasteiger partial charge >= 0.3 is 17.9 Å². The van der Waals surface area contributed by atoms with Crippen LogP contribution in [0, 0.1) is 11.3 Å². The van der Waals surface area contributed by atoms with Gasteiger partial charge in [-0.05, 0) is 47.0 Å². The molecule has 0 aromatic rings. The molecule has 0 amide bonds. The maximum absolute atomic E-state index is 12.2. The van der Waals surface area contributed by atoms with Crippen LogP contribution in [0.4, 0.5) is 0 Å². The highest BCUT2D eigenvalue weighted by Crippen LogP contribution is 2.26. The lowest BCUT2D eigenvalue weighted by molar-refractivity contribution is -0.175. The molecule has 0 aliphatic rings. The minimum Gasteiger partial charge on any atom is -0.479 e. The van der Waals surface area contributed by atoms with E-state index >= 15 is 0 Å². The van der Waals surface area contributed by atoms with Crippen LogP contribution in [0.1, 0.15) is 61.3 Å². The largest absolute Gasteiger partial charge is 0.479 e. The summed E-state index contributed by atoms with van der Waals surface area (Å²) >= 11 is 0. The second-order valence-corrected chi connectivity index (χ2v) is 7.51. The van der Waals surface area contributed by atoms with E-state index in [1.165, 1.54) is 13.8 Å². The van der Waals surface area contributed by atoms with Gasteiger partial charge in [-0.1, -0.05) is 13.8 Å². The summed E-state index contributed by atoms with van der Waals surface area (Å²) in [5, 5.41) is 9.10. The normalized spacial score (nSPS) is 13.6. The van der Waals surface area contributed by atoms with Gasteiger partial charge in [0.1, 0.15) is 5.60 Å². The van der Waals surface area contributed by atoms with Crippen LogP contribution >= 0.6 is 0 Å². The molecule has 0 aliphatic heterocycles. The van der Waals surface area contributed by atoms with Gasteiger partial charge in [0, 0.05) is 0 Å². The molecule has 6 nitrogen and oxygen atoms in total. The van der Waals surface area contributed by atoms with Crippen molar-refractivity contribution < 1.29 is 29.0 Å². The molecule has 0 saturated heterocycles. The lowest BCUT2D eigenvalue weighted by atomic mass is 9.89. The lowest BCUT2D eigenvalue weighted by Crippen LogP contribution is -2.37. The molecule has 0 spiro atoms. The Labute approximate surface area is 132 Å². The van der Waals surface area contributed by atoms with Crippen molar-refractivity contribution in [2.45, 2.75) is 73.0 Å². The van der Waals surface area contributed by atoms with E-state index in [4.69, 9.17) is 14.6 Å². The third-order valence-corrected chi connectivity index (χ3v) is 2.77. The number of rotatable bonds is 7. The van der Waals surface area contributed by atoms with Crippen LogP contribution in [0.5, 0.6) is 0 Å². The highest BCUT2D eigenvalue weighted by molar-refractivity contribution is 5.85. The highest BCUT2D eigenvalue weighted by atomic mass is 16.6. The second kappa shape index (κ2) is 7.61. The molecule has 6 heteroatoms. The van der Waals surface area contributed by atoms with Crippen molar-refractivity contribution in [2.24, 2.45) is 11.3 Å². The third-order valence-electron chi connectivity index (χ3n) is 2.77. The zero-order valence-electron chi connectivity index (χ0n) is 14.6. The van der Waals surface area contributed by atoms with Crippen molar-refractivity contribution in [1.29, 1.82) is 0 Å². The quantitative estimate of drug-likeness (QED) is 0.726. The molecule has 0 fully saturated rings. The van der Waals surface area contributed by atoms with E-state index in [9.17, 15) is 14.4 Å². The fraction of sp³-hybridized carbons (Fsp3) is 0.812. The highest BCUT2D eigenvalue weighted by Gasteiger charge is 2.37. The van der Waals surface area contributed by atoms with Crippen molar-refractivity contribution in [1.82, 2.24) is 0 Å². The maximum atomic E-state index is 12.2. The Morgan fingerprint density at radius 1 is 1.05 bits per heavy atom. The molecule has 0 aromatic carbocycles. The molecule has 0 radical (unpaired) electrons. The summed E-state index contributed by atoms with van der Waals surface area (Å²) in [6, 6.07) is 0. The average Bonchev–Trinajstić information content (AvgIpc) is 2.23. The van der Waals surface area contributed by atoms with Crippen LogP contribution in [-0.2, 0) is 23.9 Å². The van der Waals surface area contributed by atoms with E-state index in [1.807, 2.05) is 13.8 Å². The molecule has 0 saturated carbocycles. The van der Waals surface area contributed by atoms with Gasteiger partial charge in [0.05, 0.1) is 11.8 Å². The number of carboxylic acid groups (broad SMARTS) is 1. The Kier molecular flexibility index (Phi) is 7.06. The number of carboxylic acids is 1. The van der Waals surface area contributed by atoms with Crippen LogP contribution < -0.4 is 0 Å². The Bertz CT molecular complexity index is 417. The van der Waals surface area contributed by atoms with Gasteiger partial charge in [0.2, 0.25) is 0 Å². The van der Waals surface area contributed by atoms with Crippen molar-refractivity contribution in [3.05, 3.63) is 0 Å². The van der Waals surface area contributed by atoms with Crippen LogP contribution in [-0.4, -0.2) is 34.7 Å². The molecule has 22 heavy (non-hydrogen) atoms. The minimum absolute atomic E-state index is 0.0721. The topological polar surface area (TPSA) is 89.9 Å². The van der Waals surface area contributed by atoms with Gasteiger partial charge in [-0.25, -0.2) is 4.79 Å². The third kappa shape index (κ3) is 8.00. The molecule has 0 bridgehead atoms. The monoisotopic (exact) mass is 316 g/mol. The first-order valence-electron chi connectivity index (χ1n) is 7.40. The first kappa shape index (κ1) is 20.4. The van der Waals surface area contributed by atoms with E-state index in [0.29, 0.717) is 0 Å². The molecule has 0 aromatic heterocycles. The average molecular weight is 316 g/mol. The van der Waals surface area contributed by atoms with E-state index < -0.39 is 35.0 Å². The number of hydrogen-bond donors (Lipinski definition) is 1. The molecule has 1 N–H and O–H groups in total. The van der Waals surface area contributed by atoms with E-state index in [2.05, 4.69) is 0 Å². The minimum atomic E-state index is -1.20. The number of carbonyl (C=O) groups is 3. The predicted octanol–water partition coefficient (Wildman–Crippen LogP) is 2.79. The number of ether oxygens (including phenoxy) is 2. The van der Waals surface area contributed by atoms with Crippen LogP contribution in [0.2, 0.25) is 0 Å². The van der Waals surface area contributed by atoms with E-state index in [1.54, 1.807) is 20.8 Å². The SMILES string of the molecule is CC(C)CC(OC(=O)C(C)(C)CC(=O)OC(C)(C)C)C(=O)O. The molecular formula is C16H28O6. The summed E-state index contributed by atoms with van der Waals surface area (Å²) in [6.07, 6.45) is -1.15. The molecular weight excluding hydrogens is 288 g/mol. The fourth-order valence-electron chi connectivity index (χ4n) is 1.73. The summed E-state index contributed by atoms with van der Waals surface area (Å²) < 4.78 is 10.2. The second-order valence-electron chi connectivity index (χ2n) is 7.51. The summed E-state index contributed by atoms with van der Waals surface area (Å²) in [6.45, 7) is 12.0. The summed E-state index contributed by atoms with van der Waals surface area (Å²) in [5.41, 5.74) is -1.79. The summed E-state index contributed by atoms with van der Waals surface area (Å²) in [4.78, 5) is 35.1. The molecule has 1 unspecified atom stereocenters. The Hall–Kier alpha value is -1.59. The fourth-order valence-corrected chi connectivity index (χ4v) is 1.73. The van der Waals surface area contributed by atoms with Crippen LogP contribution in [0.25, 0.3) is 0 Å². The smallest absolute Gasteiger partial charge is 0.345 e. The van der Waals surface area contributed by atoms with Gasteiger partial charge in [-0.15, -0.1) is 0 Å². The first-order chi connectivity index (χ1) is 9.74. The zero-order chi connectivity index (χ0) is 17.7. The van der Waals surface area contributed by atoms with Crippen molar-refractivity contribution in [2.75, 3.05) is 0 Å². The Morgan fingerprint density at radius 2 is 1.55 bits per heavy atom. The number of aliphatic carboxylic acids is 1. The van der Waals surface area contributed by atoms with Crippen LogP contribution in [0.15, 0.2) is 0 Å². The van der Waals surface area contributed by atoms with Crippen molar-refractivity contribution in [3.8, 4) is 0 Å². The van der Waals surface area contributed by atoms with Crippen molar-refractivity contribution >= 4 is 17.9 Å². The van der Waals surface area contributed by atoms with E-state index in [-0.39, 0.29) is 18.8 Å². The number of hydrogen-bond acceptors (Lipinski definition) is 5. The number of carbonyl (C=O) groups excluding carboxylic acids is 2. The van der Waals surface area contributed by atoms with E-state index in [0.717, 1.165) is 0 Å². The molecule has 1 atom stereocenters. The lowest BCUT2D eigenvalue weighted by Gasteiger charge is -2.26. The van der Waals surface area contributed by atoms with Crippen molar-refractivity contribution in [3.63, 3.8) is 0 Å². The standard InChI is InChI=1S/C16H28O6/c1-10(2)8-11(13(18)19)21-14(20)16(6,7)9-12(17)22-15(3,4)5/h10-11H,8-9H2,1-7H3,(H,18,19). The van der Waals surface area contributed by atoms with Gasteiger partial charge in [0.15, 0.2) is 6.10 Å². The Balaban J connectivity index is 4.79. The zero-order valence-corrected chi connectivity index (χ0v) is 14.6. The predicted molar refractivity (Wildman–Crippen MR) is 81.2 cm³/mol. The number of esters is 2. The van der Waals surface area contributed by atoms with Gasteiger partial charge in [-0.2, -0.15) is 0 Å². The summed E-state index contributed by atoms with van der Waals surface area (Å²) in [7, 11) is 0. The molecule has 0 heterocycles. The molecule has 128 valence electrons. The van der Waals surface area contributed by atoms with Gasteiger partial charge < -0.3 is 14.6 Å². The van der Waals surface area contributed by atoms with Gasteiger partial charge in [0.25, 0.3) is 0 Å². The Morgan fingerprint density at radius 3 is 1.91 bits per heavy atom. The first-order valence-corrected chi connectivity index (χ1v) is 7.40. The van der Waals surface area contributed by atoms with Crippen LogP contribution in [0.3, 0.4) is 0 Å². The molecule has 0 rings (SSSR count). The van der Waals surface area contributed by atoms with Gasteiger partial charge in [-0.3, -0.25) is 9.59 Å². The maximum Gasteiger partial charge on any atom is 0.345 e.